The first-order valence-corrected chi connectivity index (χ1v) is 7.55. The number of allylic oxidation sites excluding steroid dienone is 2. The van der Waals surface area contributed by atoms with Crippen LogP contribution in [0.2, 0.25) is 0 Å². The maximum Gasteiger partial charge on any atom is 0.104 e. The third kappa shape index (κ3) is 17.9. The average Bonchev–Trinajstić information content (AvgIpc) is 2.50. The molecule has 0 radical (unpaired) electrons. The molecule has 110 valence electrons. The van der Waals surface area contributed by atoms with Crippen LogP contribution in [0.4, 0.5) is 0 Å². The molecule has 1 heteroatoms. The summed E-state index contributed by atoms with van der Waals surface area (Å²) in [6, 6.07) is 0. The molecule has 0 bridgehead atoms. The van der Waals surface area contributed by atoms with Crippen molar-refractivity contribution in [3.05, 3.63) is 12.2 Å². The van der Waals surface area contributed by atoms with Crippen molar-refractivity contribution in [3.63, 3.8) is 0 Å². The summed E-state index contributed by atoms with van der Waals surface area (Å²) in [5, 5.41) is 8.48. The Morgan fingerprint density at radius 1 is 0.762 bits per heavy atom. The van der Waals surface area contributed by atoms with E-state index < -0.39 is 0 Å². The molecule has 0 aliphatic carbocycles. The summed E-state index contributed by atoms with van der Waals surface area (Å²) in [4.78, 5) is 0. The van der Waals surface area contributed by atoms with Gasteiger partial charge in [0.05, 0.1) is 0 Å². The summed E-state index contributed by atoms with van der Waals surface area (Å²) in [6.45, 7) is -0.0360. The van der Waals surface area contributed by atoms with Gasteiger partial charge in [-0.1, -0.05) is 36.2 Å². The van der Waals surface area contributed by atoms with E-state index in [-0.39, 0.29) is 6.61 Å². The highest BCUT2D eigenvalue weighted by Crippen LogP contribution is 2.01. The minimum Gasteiger partial charge on any atom is -0.384 e. The molecule has 0 saturated heterocycles. The molecule has 0 heterocycles. The fourth-order valence-corrected chi connectivity index (χ4v) is 1.59. The van der Waals surface area contributed by atoms with Gasteiger partial charge in [0.1, 0.15) is 6.61 Å². The Morgan fingerprint density at radius 2 is 1.38 bits per heavy atom. The largest absolute Gasteiger partial charge is 0.384 e. The Balaban J connectivity index is 3.39. The van der Waals surface area contributed by atoms with E-state index in [0.29, 0.717) is 0 Å². The van der Waals surface area contributed by atoms with E-state index in [4.69, 9.17) is 11.5 Å². The predicted octanol–water partition coefficient (Wildman–Crippen LogP) is 3.69. The highest BCUT2D eigenvalue weighted by Gasteiger charge is 1.85. The summed E-state index contributed by atoms with van der Waals surface area (Å²) >= 11 is 0. The van der Waals surface area contributed by atoms with Crippen molar-refractivity contribution in [1.82, 2.24) is 0 Å². The number of aliphatic hydroxyl groups excluding tert-OH is 1. The first-order valence-electron chi connectivity index (χ1n) is 7.55. The molecular weight excluding hydrogens is 256 g/mol. The molecule has 0 unspecified atom stereocenters. The van der Waals surface area contributed by atoms with Crippen LogP contribution >= 0.6 is 0 Å². The highest BCUT2D eigenvalue weighted by molar-refractivity contribution is 5.25. The van der Waals surface area contributed by atoms with E-state index >= 15 is 0 Å². The zero-order valence-electron chi connectivity index (χ0n) is 12.8. The van der Waals surface area contributed by atoms with E-state index in [1.165, 1.54) is 0 Å². The lowest BCUT2D eigenvalue weighted by molar-refractivity contribution is 0.350. The lowest BCUT2D eigenvalue weighted by Crippen LogP contribution is -1.77. The van der Waals surface area contributed by atoms with Crippen molar-refractivity contribution in [2.24, 2.45) is 0 Å². The lowest BCUT2D eigenvalue weighted by Gasteiger charge is -1.91. The second kappa shape index (κ2) is 17.9. The van der Waals surface area contributed by atoms with Gasteiger partial charge in [-0.2, -0.15) is 0 Å². The van der Waals surface area contributed by atoms with Crippen molar-refractivity contribution < 1.29 is 5.11 Å². The summed E-state index contributed by atoms with van der Waals surface area (Å²) in [7, 11) is 0. The summed E-state index contributed by atoms with van der Waals surface area (Å²) in [5.41, 5.74) is 0. The molecule has 0 aliphatic heterocycles. The van der Waals surface area contributed by atoms with Gasteiger partial charge in [0, 0.05) is 19.3 Å². The Bertz CT molecular complexity index is 486. The number of aliphatic hydroxyl groups is 1. The van der Waals surface area contributed by atoms with Crippen molar-refractivity contribution in [1.29, 1.82) is 0 Å². The van der Waals surface area contributed by atoms with E-state index in [2.05, 4.69) is 41.4 Å². The number of hydrogen-bond acceptors (Lipinski definition) is 1. The summed E-state index contributed by atoms with van der Waals surface area (Å²) in [6.07, 6.45) is 18.1. The molecule has 0 amide bonds. The predicted molar refractivity (Wildman–Crippen MR) is 89.9 cm³/mol. The first kappa shape index (κ1) is 18.9. The van der Waals surface area contributed by atoms with Gasteiger partial charge in [-0.25, -0.2) is 0 Å². The molecule has 1 nitrogen and oxygen atoms in total. The van der Waals surface area contributed by atoms with Crippen LogP contribution in [0.1, 0.15) is 57.8 Å². The third-order valence-corrected chi connectivity index (χ3v) is 2.68. The second-order valence-corrected chi connectivity index (χ2v) is 4.49. The molecule has 0 aromatic carbocycles. The Labute approximate surface area is 130 Å². The average molecular weight is 280 g/mol. The number of rotatable bonds is 8. The van der Waals surface area contributed by atoms with Crippen LogP contribution in [0.5, 0.6) is 0 Å². The van der Waals surface area contributed by atoms with Crippen LogP contribution in [-0.4, -0.2) is 11.7 Å². The van der Waals surface area contributed by atoms with Crippen molar-refractivity contribution >= 4 is 0 Å². The molecule has 0 atom stereocenters. The van der Waals surface area contributed by atoms with Gasteiger partial charge in [0.15, 0.2) is 0 Å². The molecule has 0 spiro atoms. The Kier molecular flexibility index (Phi) is 16.2. The minimum atomic E-state index is -0.0360. The summed E-state index contributed by atoms with van der Waals surface area (Å²) < 4.78 is 0. The zero-order valence-corrected chi connectivity index (χ0v) is 12.8. The van der Waals surface area contributed by atoms with Crippen molar-refractivity contribution in [2.75, 3.05) is 6.61 Å². The number of unbranched alkanes of at least 4 members (excludes halogenated alkanes) is 7. The van der Waals surface area contributed by atoms with Crippen molar-refractivity contribution in [3.8, 4) is 47.9 Å². The Morgan fingerprint density at radius 3 is 2.00 bits per heavy atom. The van der Waals surface area contributed by atoms with Gasteiger partial charge in [-0.15, -0.1) is 12.3 Å². The topological polar surface area (TPSA) is 20.2 Å². The molecule has 0 aliphatic rings. The fraction of sp³-hybridized carbons (Fsp3) is 0.500. The molecule has 1 N–H and O–H groups in total. The maximum absolute atomic E-state index is 8.48. The van der Waals surface area contributed by atoms with Gasteiger partial charge < -0.3 is 5.11 Å². The van der Waals surface area contributed by atoms with E-state index in [9.17, 15) is 0 Å². The van der Waals surface area contributed by atoms with Crippen molar-refractivity contribution in [2.45, 2.75) is 57.8 Å². The van der Waals surface area contributed by atoms with Gasteiger partial charge >= 0.3 is 0 Å². The molecule has 0 aromatic heterocycles. The van der Waals surface area contributed by atoms with E-state index in [1.54, 1.807) is 6.08 Å². The van der Waals surface area contributed by atoms with Gasteiger partial charge in [0.25, 0.3) is 0 Å². The lowest BCUT2D eigenvalue weighted by atomic mass is 10.1. The van der Waals surface area contributed by atoms with Crippen LogP contribution in [0.25, 0.3) is 0 Å². The molecule has 0 rings (SSSR count). The minimum absolute atomic E-state index is 0.0360. The molecular formula is C20H24O. The standard InChI is InChI=1S/C20H24O/c1-2-3-4-5-6-7-8-9-10-11-12-13-14-15-16-17-18-19-20-21/h1,3-4,21H,5-8,13-17,20H2/b4-3-. The van der Waals surface area contributed by atoms with E-state index in [0.717, 1.165) is 57.8 Å². The van der Waals surface area contributed by atoms with Crippen LogP contribution in [0.3, 0.4) is 0 Å². The smallest absolute Gasteiger partial charge is 0.104 e. The molecule has 0 saturated carbocycles. The fourth-order valence-electron chi connectivity index (χ4n) is 1.59. The van der Waals surface area contributed by atoms with Crippen LogP contribution in [0, 0.1) is 47.9 Å². The zero-order chi connectivity index (χ0) is 15.4. The van der Waals surface area contributed by atoms with Gasteiger partial charge in [-0.05, 0) is 50.0 Å². The molecule has 21 heavy (non-hydrogen) atoms. The van der Waals surface area contributed by atoms with Gasteiger partial charge in [-0.3, -0.25) is 0 Å². The van der Waals surface area contributed by atoms with Crippen LogP contribution in [0.15, 0.2) is 12.2 Å². The number of hydrogen-bond donors (Lipinski definition) is 1. The normalized spacial score (nSPS) is 8.76. The van der Waals surface area contributed by atoms with Gasteiger partial charge in [0.2, 0.25) is 0 Å². The molecule has 0 aromatic rings. The van der Waals surface area contributed by atoms with E-state index in [1.807, 2.05) is 6.08 Å². The molecule has 0 fully saturated rings. The quantitative estimate of drug-likeness (QED) is 0.531. The van der Waals surface area contributed by atoms with Crippen LogP contribution in [-0.2, 0) is 0 Å². The highest BCUT2D eigenvalue weighted by atomic mass is 16.2. The maximum atomic E-state index is 8.48. The second-order valence-electron chi connectivity index (χ2n) is 4.49. The number of terminal acetylenes is 1. The SMILES string of the molecule is C#C/C=C\CCCCC#CC#CCCCCCC#CCO. The Hall–Kier alpha value is -2.06. The summed E-state index contributed by atoms with van der Waals surface area (Å²) in [5.74, 6) is 20.0. The monoisotopic (exact) mass is 280 g/mol. The van der Waals surface area contributed by atoms with Crippen LogP contribution < -0.4 is 0 Å². The first-order chi connectivity index (χ1) is 10.4. The third-order valence-electron chi connectivity index (χ3n) is 2.68.